The molecular formula is C13H15BrO2. The predicted octanol–water partition coefficient (Wildman–Crippen LogP) is 3.23. The van der Waals surface area contributed by atoms with Gasteiger partial charge in [-0.25, -0.2) is 0 Å². The van der Waals surface area contributed by atoms with Crippen molar-refractivity contribution in [3.63, 3.8) is 0 Å². The summed E-state index contributed by atoms with van der Waals surface area (Å²) in [4.78, 5) is 12.1. The first-order valence-electron chi connectivity index (χ1n) is 5.62. The van der Waals surface area contributed by atoms with E-state index in [2.05, 4.69) is 15.9 Å². The Morgan fingerprint density at radius 2 is 2.31 bits per heavy atom. The van der Waals surface area contributed by atoms with Crippen molar-refractivity contribution in [2.75, 3.05) is 13.2 Å². The van der Waals surface area contributed by atoms with E-state index in [0.29, 0.717) is 6.61 Å². The number of carbonyl (C=O) groups is 1. The number of rotatable bonds is 4. The second kappa shape index (κ2) is 5.11. The van der Waals surface area contributed by atoms with Gasteiger partial charge in [0.15, 0.2) is 5.78 Å². The fraction of sp³-hybridized carbons (Fsp3) is 0.462. The average molecular weight is 283 g/mol. The zero-order chi connectivity index (χ0) is 11.5. The van der Waals surface area contributed by atoms with Gasteiger partial charge in [-0.3, -0.25) is 4.79 Å². The first kappa shape index (κ1) is 11.8. The smallest absolute Gasteiger partial charge is 0.166 e. The van der Waals surface area contributed by atoms with Crippen LogP contribution in [0.1, 0.15) is 29.3 Å². The van der Waals surface area contributed by atoms with Gasteiger partial charge < -0.3 is 4.74 Å². The Labute approximate surface area is 104 Å². The minimum absolute atomic E-state index is 0.121. The van der Waals surface area contributed by atoms with Gasteiger partial charge in [0.1, 0.15) is 0 Å². The predicted molar refractivity (Wildman–Crippen MR) is 66.8 cm³/mol. The summed E-state index contributed by atoms with van der Waals surface area (Å²) in [7, 11) is 0. The summed E-state index contributed by atoms with van der Waals surface area (Å²) in [6.45, 7) is 3.38. The maximum atomic E-state index is 12.1. The highest BCUT2D eigenvalue weighted by molar-refractivity contribution is 9.10. The molecule has 0 saturated carbocycles. The number of ether oxygens (including phenoxy) is 1. The lowest BCUT2D eigenvalue weighted by Crippen LogP contribution is -2.12. The Bertz CT molecular complexity index is 401. The van der Waals surface area contributed by atoms with E-state index in [0.717, 1.165) is 29.5 Å². The van der Waals surface area contributed by atoms with Gasteiger partial charge in [0, 0.05) is 29.2 Å². The molecule has 0 aromatic heterocycles. The van der Waals surface area contributed by atoms with Crippen LogP contribution in [0.2, 0.25) is 0 Å². The number of hydrogen-bond acceptors (Lipinski definition) is 2. The van der Waals surface area contributed by atoms with E-state index in [1.165, 1.54) is 5.56 Å². The van der Waals surface area contributed by atoms with Gasteiger partial charge >= 0.3 is 0 Å². The third kappa shape index (κ3) is 2.36. The molecule has 0 aliphatic heterocycles. The van der Waals surface area contributed by atoms with Crippen molar-refractivity contribution in [3.8, 4) is 0 Å². The number of fused-ring (bicyclic) bond motifs is 1. The third-order valence-electron chi connectivity index (χ3n) is 2.99. The van der Waals surface area contributed by atoms with Crippen LogP contribution in [0.5, 0.6) is 0 Å². The van der Waals surface area contributed by atoms with Crippen LogP contribution in [0.25, 0.3) is 0 Å². The minimum atomic E-state index is 0.121. The van der Waals surface area contributed by atoms with Gasteiger partial charge in [0.05, 0.1) is 0 Å². The molecule has 1 unspecified atom stereocenters. The summed E-state index contributed by atoms with van der Waals surface area (Å²) < 4.78 is 6.28. The Hall–Kier alpha value is -0.670. The van der Waals surface area contributed by atoms with Gasteiger partial charge in [-0.15, -0.1) is 0 Å². The molecule has 3 heteroatoms. The van der Waals surface area contributed by atoms with Crippen molar-refractivity contribution < 1.29 is 9.53 Å². The van der Waals surface area contributed by atoms with Crippen molar-refractivity contribution >= 4 is 21.7 Å². The lowest BCUT2D eigenvalue weighted by Gasteiger charge is -2.06. The molecule has 2 nitrogen and oxygen atoms in total. The van der Waals surface area contributed by atoms with Crippen LogP contribution in [-0.4, -0.2) is 19.0 Å². The van der Waals surface area contributed by atoms with Crippen molar-refractivity contribution in [1.82, 2.24) is 0 Å². The van der Waals surface area contributed by atoms with E-state index in [1.807, 2.05) is 25.1 Å². The molecule has 0 bridgehead atoms. The summed E-state index contributed by atoms with van der Waals surface area (Å²) in [5, 5.41) is 0. The summed E-state index contributed by atoms with van der Waals surface area (Å²) in [6.07, 6.45) is 1.70. The molecule has 86 valence electrons. The first-order chi connectivity index (χ1) is 7.72. The summed E-state index contributed by atoms with van der Waals surface area (Å²) in [5.74, 6) is 0.395. The van der Waals surface area contributed by atoms with Crippen LogP contribution in [0.3, 0.4) is 0 Å². The lowest BCUT2D eigenvalue weighted by molar-refractivity contribution is 0.0872. The monoisotopic (exact) mass is 282 g/mol. The minimum Gasteiger partial charge on any atom is -0.382 e. The number of Topliss-reactive ketones (excluding diaryl/α,β-unsaturated/α-hetero) is 1. The number of halogens is 1. The first-order valence-corrected chi connectivity index (χ1v) is 6.42. The van der Waals surface area contributed by atoms with E-state index < -0.39 is 0 Å². The molecule has 0 radical (unpaired) electrons. The maximum absolute atomic E-state index is 12.1. The molecule has 0 heterocycles. The quantitative estimate of drug-likeness (QED) is 0.793. The molecule has 1 aromatic rings. The lowest BCUT2D eigenvalue weighted by atomic mass is 10.0. The normalized spacial score (nSPS) is 18.9. The Morgan fingerprint density at radius 1 is 1.50 bits per heavy atom. The van der Waals surface area contributed by atoms with E-state index in [4.69, 9.17) is 4.74 Å². The van der Waals surface area contributed by atoms with E-state index >= 15 is 0 Å². The number of benzene rings is 1. The van der Waals surface area contributed by atoms with Crippen LogP contribution in [0, 0.1) is 5.92 Å². The summed E-state index contributed by atoms with van der Waals surface area (Å²) in [5.41, 5.74) is 2.06. The second-order valence-electron chi connectivity index (χ2n) is 4.05. The van der Waals surface area contributed by atoms with E-state index in [-0.39, 0.29) is 11.7 Å². The second-order valence-corrected chi connectivity index (χ2v) is 4.97. The molecule has 1 aromatic carbocycles. The zero-order valence-corrected chi connectivity index (χ0v) is 10.9. The third-order valence-corrected chi connectivity index (χ3v) is 3.48. The summed E-state index contributed by atoms with van der Waals surface area (Å²) >= 11 is 3.40. The van der Waals surface area contributed by atoms with E-state index in [9.17, 15) is 4.79 Å². The summed E-state index contributed by atoms with van der Waals surface area (Å²) in [6, 6.07) is 5.97. The standard InChI is InChI=1S/C13H15BrO2/c1-2-16-6-5-10-7-9-3-4-11(14)8-12(9)13(10)15/h3-4,8,10H,2,5-7H2,1H3. The highest BCUT2D eigenvalue weighted by atomic mass is 79.9. The Morgan fingerprint density at radius 3 is 3.06 bits per heavy atom. The molecule has 1 atom stereocenters. The SMILES string of the molecule is CCOCCC1Cc2ccc(Br)cc2C1=O. The molecule has 1 aliphatic rings. The van der Waals surface area contributed by atoms with Gasteiger partial charge in [-0.1, -0.05) is 22.0 Å². The number of carbonyl (C=O) groups excluding carboxylic acids is 1. The van der Waals surface area contributed by atoms with E-state index in [1.54, 1.807) is 0 Å². The van der Waals surface area contributed by atoms with Gasteiger partial charge in [-0.05, 0) is 37.5 Å². The highest BCUT2D eigenvalue weighted by Gasteiger charge is 2.29. The molecule has 0 N–H and O–H groups in total. The van der Waals surface area contributed by atoms with Crippen LogP contribution in [-0.2, 0) is 11.2 Å². The van der Waals surface area contributed by atoms with Crippen LogP contribution in [0.4, 0.5) is 0 Å². The topological polar surface area (TPSA) is 26.3 Å². The largest absolute Gasteiger partial charge is 0.382 e. The fourth-order valence-corrected chi connectivity index (χ4v) is 2.50. The van der Waals surface area contributed by atoms with Gasteiger partial charge in [-0.2, -0.15) is 0 Å². The maximum Gasteiger partial charge on any atom is 0.166 e. The number of hydrogen-bond donors (Lipinski definition) is 0. The zero-order valence-electron chi connectivity index (χ0n) is 9.33. The Kier molecular flexibility index (Phi) is 3.77. The van der Waals surface area contributed by atoms with Crippen molar-refractivity contribution in [3.05, 3.63) is 33.8 Å². The highest BCUT2D eigenvalue weighted by Crippen LogP contribution is 2.30. The van der Waals surface area contributed by atoms with Crippen molar-refractivity contribution in [2.45, 2.75) is 19.8 Å². The van der Waals surface area contributed by atoms with Crippen molar-refractivity contribution in [1.29, 1.82) is 0 Å². The van der Waals surface area contributed by atoms with Crippen LogP contribution < -0.4 is 0 Å². The molecule has 0 saturated heterocycles. The van der Waals surface area contributed by atoms with Crippen LogP contribution in [0.15, 0.2) is 22.7 Å². The molecule has 2 rings (SSSR count). The average Bonchev–Trinajstić information content (AvgIpc) is 2.57. The fourth-order valence-electron chi connectivity index (χ4n) is 2.14. The molecule has 0 amide bonds. The molecule has 0 spiro atoms. The Balaban J connectivity index is 2.06. The molecule has 16 heavy (non-hydrogen) atoms. The molecule has 0 fully saturated rings. The van der Waals surface area contributed by atoms with Crippen molar-refractivity contribution in [2.24, 2.45) is 5.92 Å². The van der Waals surface area contributed by atoms with Gasteiger partial charge in [0.25, 0.3) is 0 Å². The van der Waals surface area contributed by atoms with Crippen LogP contribution >= 0.6 is 15.9 Å². The van der Waals surface area contributed by atoms with Gasteiger partial charge in [0.2, 0.25) is 0 Å². The molecule has 1 aliphatic carbocycles. The number of ketones is 1. The molecular weight excluding hydrogens is 268 g/mol.